The Morgan fingerprint density at radius 3 is 2.67 bits per heavy atom. The van der Waals surface area contributed by atoms with E-state index >= 15 is 0 Å². The Morgan fingerprint density at radius 1 is 1.14 bits per heavy atom. The molecule has 216 valence electrons. The van der Waals surface area contributed by atoms with Crippen LogP contribution in [0.2, 0.25) is 0 Å². The normalized spacial score (nSPS) is 14.0. The maximum atomic E-state index is 12.7. The molecule has 1 aliphatic heterocycles. The molecule has 5 rings (SSSR count). The first kappa shape index (κ1) is 28.5. The highest BCUT2D eigenvalue weighted by Gasteiger charge is 2.17. The fraction of sp³-hybridized carbons (Fsp3) is 0.333. The molecule has 0 aliphatic carbocycles. The van der Waals surface area contributed by atoms with E-state index in [1.165, 1.54) is 6.33 Å². The highest BCUT2D eigenvalue weighted by Crippen LogP contribution is 2.30. The van der Waals surface area contributed by atoms with E-state index in [-0.39, 0.29) is 12.0 Å². The van der Waals surface area contributed by atoms with Crippen LogP contribution in [0.15, 0.2) is 61.4 Å². The molecule has 2 N–H and O–H groups in total. The summed E-state index contributed by atoms with van der Waals surface area (Å²) in [5.74, 6) is 1.61. The molecule has 2 aromatic heterocycles. The topological polar surface area (TPSA) is 149 Å². The summed E-state index contributed by atoms with van der Waals surface area (Å²) < 4.78 is 18.7. The molecule has 1 saturated heterocycles. The number of amides is 1. The van der Waals surface area contributed by atoms with Crippen LogP contribution in [0.25, 0.3) is 11.1 Å². The molecule has 12 heteroatoms. The van der Waals surface area contributed by atoms with E-state index < -0.39 is 0 Å². The molecule has 0 saturated carbocycles. The quantitative estimate of drug-likeness (QED) is 0.272. The number of nitrogens with zero attached hydrogens (tertiary/aromatic N) is 6. The lowest BCUT2D eigenvalue weighted by molar-refractivity contribution is 0.0642. The van der Waals surface area contributed by atoms with Crippen molar-refractivity contribution in [3.05, 3.63) is 72.6 Å². The Bertz CT molecular complexity index is 1530. The fourth-order valence-corrected chi connectivity index (χ4v) is 4.62. The molecule has 0 unspecified atom stereocenters. The summed E-state index contributed by atoms with van der Waals surface area (Å²) in [6.45, 7) is 4.50. The van der Waals surface area contributed by atoms with Gasteiger partial charge in [-0.05, 0) is 61.6 Å². The Labute approximate surface area is 243 Å². The Morgan fingerprint density at radius 2 is 1.95 bits per heavy atom. The number of hydrogen-bond acceptors (Lipinski definition) is 10. The number of nitrogens with one attached hydrogen (secondary N) is 2. The van der Waals surface area contributed by atoms with E-state index in [0.29, 0.717) is 53.3 Å². The highest BCUT2D eigenvalue weighted by molar-refractivity contribution is 5.95. The lowest BCUT2D eigenvalue weighted by Crippen LogP contribution is -2.32. The van der Waals surface area contributed by atoms with Gasteiger partial charge in [0.2, 0.25) is 5.95 Å². The van der Waals surface area contributed by atoms with Crippen LogP contribution in [0.5, 0.6) is 11.5 Å². The zero-order valence-electron chi connectivity index (χ0n) is 23.5. The van der Waals surface area contributed by atoms with Gasteiger partial charge in [0.25, 0.3) is 5.91 Å². The average molecular weight is 569 g/mol. The second-order valence-corrected chi connectivity index (χ2v) is 9.97. The smallest absolute Gasteiger partial charge is 0.251 e. The first-order valence-electron chi connectivity index (χ1n) is 13.7. The molecule has 0 radical (unpaired) electrons. The van der Waals surface area contributed by atoms with E-state index in [0.717, 1.165) is 37.2 Å². The van der Waals surface area contributed by atoms with Crippen LogP contribution >= 0.6 is 0 Å². The lowest BCUT2D eigenvalue weighted by Gasteiger charge is -2.22. The molecule has 1 fully saturated rings. The van der Waals surface area contributed by atoms with Crippen LogP contribution in [-0.4, -0.2) is 63.6 Å². The predicted molar refractivity (Wildman–Crippen MR) is 154 cm³/mol. The standard InChI is InChI=1S/C30H32N8O4/c1-20(17-38-19-32-18-36-38)42-27-11-22(3-4-24(27)13-31)25-15-34-30(35-16-25)37-26-6-5-23(12-28(26)40-2)29(39)33-14-21-7-9-41-10-8-21/h3-6,11-12,15-16,18-21H,7-10,14,17H2,1-2H3,(H,33,39)(H,34,35,37)/t20-/m0/s1. The van der Waals surface area contributed by atoms with Gasteiger partial charge in [-0.25, -0.2) is 19.6 Å². The van der Waals surface area contributed by atoms with Crippen LogP contribution in [0.3, 0.4) is 0 Å². The number of ether oxygens (including phenoxy) is 3. The SMILES string of the molecule is COc1cc(C(=O)NCC2CCOCC2)ccc1Nc1ncc(-c2ccc(C#N)c(O[C@@H](C)Cn3cncn3)c2)cn1. The summed E-state index contributed by atoms with van der Waals surface area (Å²) in [6.07, 6.45) is 8.12. The number of anilines is 2. The summed E-state index contributed by atoms with van der Waals surface area (Å²) in [5, 5.41) is 19.8. The zero-order chi connectivity index (χ0) is 29.3. The summed E-state index contributed by atoms with van der Waals surface area (Å²) in [7, 11) is 1.55. The third-order valence-corrected chi connectivity index (χ3v) is 6.93. The van der Waals surface area contributed by atoms with Crippen molar-refractivity contribution in [2.75, 3.05) is 32.2 Å². The molecule has 0 bridgehead atoms. The molecule has 42 heavy (non-hydrogen) atoms. The van der Waals surface area contributed by atoms with Crippen molar-refractivity contribution in [1.29, 1.82) is 5.26 Å². The van der Waals surface area contributed by atoms with Crippen molar-refractivity contribution < 1.29 is 19.0 Å². The molecular weight excluding hydrogens is 536 g/mol. The van der Waals surface area contributed by atoms with Gasteiger partial charge in [-0.2, -0.15) is 10.4 Å². The van der Waals surface area contributed by atoms with E-state index in [4.69, 9.17) is 14.2 Å². The van der Waals surface area contributed by atoms with Gasteiger partial charge in [0.15, 0.2) is 0 Å². The minimum atomic E-state index is -0.240. The molecular formula is C30H32N8O4. The number of aromatic nitrogens is 5. The monoisotopic (exact) mass is 568 g/mol. The van der Waals surface area contributed by atoms with E-state index in [1.54, 1.807) is 60.8 Å². The van der Waals surface area contributed by atoms with Gasteiger partial charge >= 0.3 is 0 Å². The molecule has 1 atom stereocenters. The Kier molecular flexibility index (Phi) is 9.20. The van der Waals surface area contributed by atoms with E-state index in [2.05, 4.69) is 36.8 Å². The minimum absolute atomic E-state index is 0.148. The van der Waals surface area contributed by atoms with Crippen molar-refractivity contribution in [3.8, 4) is 28.7 Å². The highest BCUT2D eigenvalue weighted by atomic mass is 16.5. The number of carbonyl (C=O) groups is 1. The number of benzene rings is 2. The molecule has 1 amide bonds. The minimum Gasteiger partial charge on any atom is -0.495 e. The van der Waals surface area contributed by atoms with Crippen molar-refractivity contribution in [2.45, 2.75) is 32.4 Å². The van der Waals surface area contributed by atoms with Gasteiger partial charge in [-0.3, -0.25) is 4.79 Å². The molecule has 0 spiro atoms. The number of methoxy groups -OCH3 is 1. The second kappa shape index (κ2) is 13.6. The van der Waals surface area contributed by atoms with Crippen molar-refractivity contribution in [3.63, 3.8) is 0 Å². The van der Waals surface area contributed by atoms with E-state index in [9.17, 15) is 10.1 Å². The molecule has 1 aliphatic rings. The Balaban J connectivity index is 1.24. The van der Waals surface area contributed by atoms with Crippen LogP contribution in [0.4, 0.5) is 11.6 Å². The Hall–Kier alpha value is -5.02. The summed E-state index contributed by atoms with van der Waals surface area (Å²) in [5.41, 5.74) is 3.12. The van der Waals surface area contributed by atoms with Crippen LogP contribution in [-0.2, 0) is 11.3 Å². The number of carbonyl (C=O) groups excluding carboxylic acids is 1. The molecule has 2 aromatic carbocycles. The van der Waals surface area contributed by atoms with Crippen molar-refractivity contribution >= 4 is 17.5 Å². The maximum absolute atomic E-state index is 12.7. The molecule has 3 heterocycles. The van der Waals surface area contributed by atoms with Gasteiger partial charge in [-0.15, -0.1) is 0 Å². The first-order chi connectivity index (χ1) is 20.5. The summed E-state index contributed by atoms with van der Waals surface area (Å²) in [4.78, 5) is 25.6. The van der Waals surface area contributed by atoms with Crippen LogP contribution in [0.1, 0.15) is 35.7 Å². The first-order valence-corrected chi connectivity index (χ1v) is 13.7. The number of nitriles is 1. The van der Waals surface area contributed by atoms with Gasteiger partial charge < -0.3 is 24.8 Å². The van der Waals surface area contributed by atoms with Gasteiger partial charge in [0.1, 0.15) is 36.3 Å². The average Bonchev–Trinajstić information content (AvgIpc) is 3.54. The van der Waals surface area contributed by atoms with Crippen LogP contribution < -0.4 is 20.1 Å². The van der Waals surface area contributed by atoms with Crippen molar-refractivity contribution in [1.82, 2.24) is 30.0 Å². The number of hydrogen-bond donors (Lipinski definition) is 2. The third kappa shape index (κ3) is 7.18. The zero-order valence-corrected chi connectivity index (χ0v) is 23.5. The third-order valence-electron chi connectivity index (χ3n) is 6.93. The maximum Gasteiger partial charge on any atom is 0.251 e. The largest absolute Gasteiger partial charge is 0.495 e. The molecule has 4 aromatic rings. The van der Waals surface area contributed by atoms with Gasteiger partial charge in [0.05, 0.1) is 24.9 Å². The molecule has 12 nitrogen and oxygen atoms in total. The van der Waals surface area contributed by atoms with Crippen molar-refractivity contribution in [2.24, 2.45) is 5.92 Å². The summed E-state index contributed by atoms with van der Waals surface area (Å²) in [6, 6.07) is 12.7. The van der Waals surface area contributed by atoms with Gasteiger partial charge in [-0.1, -0.05) is 6.07 Å². The number of rotatable bonds is 11. The van der Waals surface area contributed by atoms with Gasteiger partial charge in [0, 0.05) is 43.3 Å². The lowest BCUT2D eigenvalue weighted by atomic mass is 10.0. The predicted octanol–water partition coefficient (Wildman–Crippen LogP) is 3.98. The van der Waals surface area contributed by atoms with Crippen LogP contribution in [0, 0.1) is 17.2 Å². The fourth-order valence-electron chi connectivity index (χ4n) is 4.62. The van der Waals surface area contributed by atoms with E-state index in [1.807, 2.05) is 13.0 Å². The summed E-state index contributed by atoms with van der Waals surface area (Å²) >= 11 is 0. The second-order valence-electron chi connectivity index (χ2n) is 9.97.